The van der Waals surface area contributed by atoms with Crippen LogP contribution < -0.4 is 0 Å². The molecule has 68 valence electrons. The van der Waals surface area contributed by atoms with Gasteiger partial charge in [-0.05, 0) is 46.8 Å². The minimum absolute atomic E-state index is 0.265. The van der Waals surface area contributed by atoms with E-state index in [0.29, 0.717) is 0 Å². The predicted molar refractivity (Wildman–Crippen MR) is 51.0 cm³/mol. The van der Waals surface area contributed by atoms with E-state index in [4.69, 9.17) is 4.42 Å². The highest BCUT2D eigenvalue weighted by molar-refractivity contribution is 9.10. The molecule has 2 nitrogen and oxygen atoms in total. The van der Waals surface area contributed by atoms with Crippen molar-refractivity contribution < 1.29 is 9.52 Å². The van der Waals surface area contributed by atoms with Crippen molar-refractivity contribution in [3.05, 3.63) is 22.6 Å². The highest BCUT2D eigenvalue weighted by Gasteiger charge is 2.10. The van der Waals surface area contributed by atoms with Crippen LogP contribution in [-0.4, -0.2) is 11.2 Å². The van der Waals surface area contributed by atoms with E-state index in [9.17, 15) is 5.11 Å². The molecule has 0 saturated heterocycles. The molecule has 0 amide bonds. The maximum atomic E-state index is 9.25. The van der Waals surface area contributed by atoms with E-state index in [1.807, 2.05) is 13.0 Å². The standard InChI is InChI=1S/C9H13BrO2/c1-6(7(2)11)3-8-4-9(10)12-5-8/h4-7,11H,3H2,1-2H3. The van der Waals surface area contributed by atoms with Crippen molar-refractivity contribution >= 4 is 15.9 Å². The first-order valence-electron chi connectivity index (χ1n) is 4.00. The molecule has 3 heteroatoms. The second-order valence-corrected chi connectivity index (χ2v) is 3.96. The zero-order valence-corrected chi connectivity index (χ0v) is 8.84. The summed E-state index contributed by atoms with van der Waals surface area (Å²) in [6, 6.07) is 1.93. The maximum Gasteiger partial charge on any atom is 0.169 e. The third-order valence-electron chi connectivity index (χ3n) is 2.00. The van der Waals surface area contributed by atoms with Crippen molar-refractivity contribution in [3.8, 4) is 0 Å². The fourth-order valence-corrected chi connectivity index (χ4v) is 1.38. The molecule has 0 fully saturated rings. The highest BCUT2D eigenvalue weighted by atomic mass is 79.9. The lowest BCUT2D eigenvalue weighted by atomic mass is 9.99. The monoisotopic (exact) mass is 232 g/mol. The second kappa shape index (κ2) is 4.10. The zero-order chi connectivity index (χ0) is 9.14. The average Bonchev–Trinajstić information content (AvgIpc) is 2.35. The van der Waals surface area contributed by atoms with E-state index >= 15 is 0 Å². The molecule has 1 rings (SSSR count). The lowest BCUT2D eigenvalue weighted by molar-refractivity contribution is 0.135. The summed E-state index contributed by atoms with van der Waals surface area (Å²) in [6.07, 6.45) is 2.30. The first kappa shape index (κ1) is 9.81. The summed E-state index contributed by atoms with van der Waals surface area (Å²) in [5, 5.41) is 9.25. The van der Waals surface area contributed by atoms with Crippen molar-refractivity contribution in [3.63, 3.8) is 0 Å². The minimum Gasteiger partial charge on any atom is -0.457 e. The fraction of sp³-hybridized carbons (Fsp3) is 0.556. The maximum absolute atomic E-state index is 9.25. The largest absolute Gasteiger partial charge is 0.457 e. The van der Waals surface area contributed by atoms with Gasteiger partial charge in [-0.2, -0.15) is 0 Å². The van der Waals surface area contributed by atoms with Crippen molar-refractivity contribution in [2.75, 3.05) is 0 Å². The number of aliphatic hydroxyl groups excluding tert-OH is 1. The van der Waals surface area contributed by atoms with Crippen LogP contribution in [0.2, 0.25) is 0 Å². The Balaban J connectivity index is 2.52. The van der Waals surface area contributed by atoms with Crippen LogP contribution >= 0.6 is 15.9 Å². The molecule has 1 aromatic heterocycles. The highest BCUT2D eigenvalue weighted by Crippen LogP contribution is 2.18. The van der Waals surface area contributed by atoms with Gasteiger partial charge < -0.3 is 9.52 Å². The van der Waals surface area contributed by atoms with Crippen molar-refractivity contribution in [1.29, 1.82) is 0 Å². The van der Waals surface area contributed by atoms with Gasteiger partial charge in [0.15, 0.2) is 4.67 Å². The van der Waals surface area contributed by atoms with Gasteiger partial charge in [0, 0.05) is 0 Å². The van der Waals surface area contributed by atoms with E-state index in [1.165, 1.54) is 0 Å². The summed E-state index contributed by atoms with van der Waals surface area (Å²) in [5.74, 6) is 0.273. The quantitative estimate of drug-likeness (QED) is 0.870. The number of furan rings is 1. The molecule has 1 N–H and O–H groups in total. The molecule has 0 spiro atoms. The lowest BCUT2D eigenvalue weighted by Crippen LogP contribution is -2.14. The Labute approximate surface area is 80.7 Å². The van der Waals surface area contributed by atoms with Crippen LogP contribution in [0.4, 0.5) is 0 Å². The van der Waals surface area contributed by atoms with Gasteiger partial charge >= 0.3 is 0 Å². The molecule has 12 heavy (non-hydrogen) atoms. The molecule has 1 aromatic rings. The Bertz CT molecular complexity index is 242. The SMILES string of the molecule is CC(O)C(C)Cc1coc(Br)c1. The molecular formula is C9H13BrO2. The van der Waals surface area contributed by atoms with Gasteiger partial charge in [0.2, 0.25) is 0 Å². The van der Waals surface area contributed by atoms with Gasteiger partial charge in [-0.1, -0.05) is 6.92 Å². The molecule has 1 heterocycles. The number of aliphatic hydroxyl groups is 1. The van der Waals surface area contributed by atoms with E-state index in [-0.39, 0.29) is 12.0 Å². The third-order valence-corrected chi connectivity index (χ3v) is 2.42. The smallest absolute Gasteiger partial charge is 0.169 e. The molecule has 0 saturated carbocycles. The van der Waals surface area contributed by atoms with Gasteiger partial charge in [-0.25, -0.2) is 0 Å². The number of rotatable bonds is 3. The van der Waals surface area contributed by atoms with Crippen LogP contribution in [-0.2, 0) is 6.42 Å². The van der Waals surface area contributed by atoms with Crippen LogP contribution in [0.5, 0.6) is 0 Å². The van der Waals surface area contributed by atoms with Crippen LogP contribution in [0, 0.1) is 5.92 Å². The third kappa shape index (κ3) is 2.64. The van der Waals surface area contributed by atoms with E-state index in [0.717, 1.165) is 16.7 Å². The zero-order valence-electron chi connectivity index (χ0n) is 7.25. The number of halogens is 1. The van der Waals surface area contributed by atoms with Crippen LogP contribution in [0.3, 0.4) is 0 Å². The first-order chi connectivity index (χ1) is 5.59. The Morgan fingerprint density at radius 3 is 2.67 bits per heavy atom. The van der Waals surface area contributed by atoms with Crippen molar-refractivity contribution in [2.45, 2.75) is 26.4 Å². The molecule has 2 atom stereocenters. The molecular weight excluding hydrogens is 220 g/mol. The Morgan fingerprint density at radius 1 is 1.58 bits per heavy atom. The van der Waals surface area contributed by atoms with Crippen molar-refractivity contribution in [2.24, 2.45) is 5.92 Å². The van der Waals surface area contributed by atoms with Gasteiger partial charge in [-0.15, -0.1) is 0 Å². The summed E-state index contributed by atoms with van der Waals surface area (Å²) in [5.41, 5.74) is 1.12. The number of hydrogen-bond acceptors (Lipinski definition) is 2. The van der Waals surface area contributed by atoms with Crippen molar-refractivity contribution in [1.82, 2.24) is 0 Å². The summed E-state index contributed by atoms with van der Waals surface area (Å²) in [4.78, 5) is 0. The normalized spacial score (nSPS) is 16.0. The van der Waals surface area contributed by atoms with E-state index in [1.54, 1.807) is 13.2 Å². The molecule has 0 radical (unpaired) electrons. The fourth-order valence-electron chi connectivity index (χ4n) is 0.995. The number of hydrogen-bond donors (Lipinski definition) is 1. The summed E-state index contributed by atoms with van der Waals surface area (Å²) in [7, 11) is 0. The molecule has 0 aliphatic carbocycles. The van der Waals surface area contributed by atoms with E-state index < -0.39 is 0 Å². The lowest BCUT2D eigenvalue weighted by Gasteiger charge is -2.12. The summed E-state index contributed by atoms with van der Waals surface area (Å²) < 4.78 is 5.83. The van der Waals surface area contributed by atoms with Crippen LogP contribution in [0.25, 0.3) is 0 Å². The Kier molecular flexibility index (Phi) is 3.35. The van der Waals surface area contributed by atoms with Crippen LogP contribution in [0.1, 0.15) is 19.4 Å². The summed E-state index contributed by atoms with van der Waals surface area (Å²) >= 11 is 3.23. The van der Waals surface area contributed by atoms with Gasteiger partial charge in [0.1, 0.15) is 0 Å². The molecule has 0 aliphatic heterocycles. The summed E-state index contributed by atoms with van der Waals surface area (Å²) in [6.45, 7) is 3.82. The predicted octanol–water partition coefficient (Wildman–Crippen LogP) is 2.60. The Hall–Kier alpha value is -0.280. The average molecular weight is 233 g/mol. The van der Waals surface area contributed by atoms with Gasteiger partial charge in [0.25, 0.3) is 0 Å². The first-order valence-corrected chi connectivity index (χ1v) is 4.80. The molecule has 2 unspecified atom stereocenters. The van der Waals surface area contributed by atoms with Gasteiger partial charge in [0.05, 0.1) is 12.4 Å². The topological polar surface area (TPSA) is 33.4 Å². The Morgan fingerprint density at radius 2 is 2.25 bits per heavy atom. The van der Waals surface area contributed by atoms with Crippen LogP contribution in [0.15, 0.2) is 21.4 Å². The second-order valence-electron chi connectivity index (χ2n) is 3.18. The molecule has 0 aliphatic rings. The molecule has 0 bridgehead atoms. The van der Waals surface area contributed by atoms with E-state index in [2.05, 4.69) is 15.9 Å². The molecule has 0 aromatic carbocycles. The minimum atomic E-state index is -0.265. The van der Waals surface area contributed by atoms with Gasteiger partial charge in [-0.3, -0.25) is 0 Å².